The van der Waals surface area contributed by atoms with Crippen LogP contribution in [0.5, 0.6) is 0 Å². The molecule has 1 aromatic rings. The summed E-state index contributed by atoms with van der Waals surface area (Å²) in [7, 11) is 1.63. The SMILES string of the molecule is CCCC(=O)N(C)C(C#N)c1ccccc1Cl. The molecule has 0 aliphatic rings. The molecule has 0 bridgehead atoms. The maximum atomic E-state index is 11.8. The summed E-state index contributed by atoms with van der Waals surface area (Å²) in [6.45, 7) is 1.93. The average Bonchev–Trinajstić information content (AvgIpc) is 2.32. The molecule has 0 N–H and O–H groups in total. The summed E-state index contributed by atoms with van der Waals surface area (Å²) in [5.41, 5.74) is 0.670. The van der Waals surface area contributed by atoms with Crippen LogP contribution in [0.15, 0.2) is 24.3 Å². The van der Waals surface area contributed by atoms with Gasteiger partial charge in [-0.1, -0.05) is 36.7 Å². The number of nitriles is 1. The minimum Gasteiger partial charge on any atom is -0.326 e. The van der Waals surface area contributed by atoms with Crippen LogP contribution in [0.4, 0.5) is 0 Å². The van der Waals surface area contributed by atoms with Gasteiger partial charge in [0.25, 0.3) is 0 Å². The number of benzene rings is 1. The Balaban J connectivity index is 2.97. The molecule has 0 saturated heterocycles. The van der Waals surface area contributed by atoms with Crippen molar-refractivity contribution < 1.29 is 4.79 Å². The highest BCUT2D eigenvalue weighted by Crippen LogP contribution is 2.26. The Hall–Kier alpha value is -1.53. The van der Waals surface area contributed by atoms with E-state index in [9.17, 15) is 10.1 Å². The van der Waals surface area contributed by atoms with Crippen molar-refractivity contribution in [1.29, 1.82) is 5.26 Å². The van der Waals surface area contributed by atoms with E-state index in [0.717, 1.165) is 6.42 Å². The zero-order valence-electron chi connectivity index (χ0n) is 9.98. The van der Waals surface area contributed by atoms with Crippen molar-refractivity contribution in [2.75, 3.05) is 7.05 Å². The van der Waals surface area contributed by atoms with Crippen molar-refractivity contribution in [3.8, 4) is 6.07 Å². The van der Waals surface area contributed by atoms with Gasteiger partial charge in [0.1, 0.15) is 6.04 Å². The minimum absolute atomic E-state index is 0.0426. The Morgan fingerprint density at radius 3 is 2.71 bits per heavy atom. The summed E-state index contributed by atoms with van der Waals surface area (Å²) in [5, 5.41) is 9.70. The number of hydrogen-bond acceptors (Lipinski definition) is 2. The third-order valence-corrected chi connectivity index (χ3v) is 2.91. The summed E-state index contributed by atoms with van der Waals surface area (Å²) < 4.78 is 0. The predicted octanol–water partition coefficient (Wildman–Crippen LogP) is 3.16. The molecule has 1 rings (SSSR count). The molecule has 0 heterocycles. The lowest BCUT2D eigenvalue weighted by molar-refractivity contribution is -0.131. The van der Waals surface area contributed by atoms with Crippen LogP contribution in [-0.2, 0) is 4.79 Å². The first-order valence-corrected chi connectivity index (χ1v) is 5.89. The van der Waals surface area contributed by atoms with Crippen molar-refractivity contribution in [3.05, 3.63) is 34.9 Å². The normalized spacial score (nSPS) is 11.6. The molecule has 0 aromatic heterocycles. The van der Waals surface area contributed by atoms with Crippen LogP contribution in [0, 0.1) is 11.3 Å². The maximum Gasteiger partial charge on any atom is 0.223 e. The summed E-state index contributed by atoms with van der Waals surface area (Å²) in [5.74, 6) is -0.0426. The molecule has 0 saturated carbocycles. The molecule has 0 aliphatic carbocycles. The number of carbonyl (C=O) groups is 1. The van der Waals surface area contributed by atoms with Crippen LogP contribution in [0.3, 0.4) is 0 Å². The fourth-order valence-corrected chi connectivity index (χ4v) is 1.83. The highest BCUT2D eigenvalue weighted by Gasteiger charge is 2.22. The Morgan fingerprint density at radius 1 is 1.53 bits per heavy atom. The van der Waals surface area contributed by atoms with Crippen LogP contribution >= 0.6 is 11.6 Å². The van der Waals surface area contributed by atoms with Gasteiger partial charge in [-0.15, -0.1) is 0 Å². The van der Waals surface area contributed by atoms with Crippen molar-refractivity contribution in [2.45, 2.75) is 25.8 Å². The topological polar surface area (TPSA) is 44.1 Å². The van der Waals surface area contributed by atoms with Crippen LogP contribution in [0.2, 0.25) is 5.02 Å². The van der Waals surface area contributed by atoms with Crippen LogP contribution in [0.25, 0.3) is 0 Å². The first kappa shape index (κ1) is 13.5. The Morgan fingerprint density at radius 2 is 2.18 bits per heavy atom. The summed E-state index contributed by atoms with van der Waals surface area (Å²) in [4.78, 5) is 13.2. The summed E-state index contributed by atoms with van der Waals surface area (Å²) in [6, 6.07) is 8.60. The first-order chi connectivity index (χ1) is 8.11. The van der Waals surface area contributed by atoms with Gasteiger partial charge in [0.15, 0.2) is 0 Å². The van der Waals surface area contributed by atoms with E-state index in [1.54, 1.807) is 25.2 Å². The number of halogens is 1. The van der Waals surface area contributed by atoms with Gasteiger partial charge in [-0.2, -0.15) is 5.26 Å². The lowest BCUT2D eigenvalue weighted by atomic mass is 10.1. The van der Waals surface area contributed by atoms with E-state index in [1.165, 1.54) is 4.90 Å². The lowest BCUT2D eigenvalue weighted by Crippen LogP contribution is -2.30. The highest BCUT2D eigenvalue weighted by molar-refractivity contribution is 6.31. The monoisotopic (exact) mass is 250 g/mol. The third kappa shape index (κ3) is 3.21. The number of amides is 1. The molecule has 0 fully saturated rings. The maximum absolute atomic E-state index is 11.8. The number of rotatable bonds is 4. The molecule has 1 atom stereocenters. The second-order valence-electron chi connectivity index (χ2n) is 3.81. The molecule has 0 spiro atoms. The first-order valence-electron chi connectivity index (χ1n) is 5.51. The molecule has 1 aromatic carbocycles. The predicted molar refractivity (Wildman–Crippen MR) is 67.5 cm³/mol. The van der Waals surface area contributed by atoms with E-state index in [4.69, 9.17) is 11.6 Å². The molecular weight excluding hydrogens is 236 g/mol. The fourth-order valence-electron chi connectivity index (χ4n) is 1.60. The highest BCUT2D eigenvalue weighted by atomic mass is 35.5. The van der Waals surface area contributed by atoms with E-state index in [0.29, 0.717) is 17.0 Å². The van der Waals surface area contributed by atoms with Crippen LogP contribution in [0.1, 0.15) is 31.4 Å². The largest absolute Gasteiger partial charge is 0.326 e. The van der Waals surface area contributed by atoms with Gasteiger partial charge in [0, 0.05) is 24.1 Å². The molecule has 0 aliphatic heterocycles. The molecule has 3 nitrogen and oxygen atoms in total. The van der Waals surface area contributed by atoms with Gasteiger partial charge in [-0.05, 0) is 12.5 Å². The van der Waals surface area contributed by atoms with Gasteiger partial charge < -0.3 is 4.90 Å². The molecule has 17 heavy (non-hydrogen) atoms. The van der Waals surface area contributed by atoms with Crippen molar-refractivity contribution in [2.24, 2.45) is 0 Å². The minimum atomic E-state index is -0.622. The molecule has 0 radical (unpaired) electrons. The van der Waals surface area contributed by atoms with Gasteiger partial charge in [-0.25, -0.2) is 0 Å². The standard InChI is InChI=1S/C13H15ClN2O/c1-3-6-13(17)16(2)12(9-15)10-7-4-5-8-11(10)14/h4-5,7-8,12H,3,6H2,1-2H3. The van der Waals surface area contributed by atoms with Crippen molar-refractivity contribution >= 4 is 17.5 Å². The van der Waals surface area contributed by atoms with Crippen LogP contribution in [-0.4, -0.2) is 17.9 Å². The zero-order chi connectivity index (χ0) is 12.8. The molecule has 90 valence electrons. The number of nitrogens with zero attached hydrogens (tertiary/aromatic N) is 2. The zero-order valence-corrected chi connectivity index (χ0v) is 10.7. The van der Waals surface area contributed by atoms with Crippen molar-refractivity contribution in [3.63, 3.8) is 0 Å². The van der Waals surface area contributed by atoms with E-state index in [2.05, 4.69) is 6.07 Å². The fraction of sp³-hybridized carbons (Fsp3) is 0.385. The third-order valence-electron chi connectivity index (χ3n) is 2.57. The molecule has 4 heteroatoms. The molecule has 1 unspecified atom stereocenters. The molecular formula is C13H15ClN2O. The number of carbonyl (C=O) groups excluding carboxylic acids is 1. The van der Waals surface area contributed by atoms with E-state index in [1.807, 2.05) is 13.0 Å². The van der Waals surface area contributed by atoms with Gasteiger partial charge in [0.05, 0.1) is 6.07 Å². The smallest absolute Gasteiger partial charge is 0.223 e. The summed E-state index contributed by atoms with van der Waals surface area (Å²) in [6.07, 6.45) is 1.21. The van der Waals surface area contributed by atoms with E-state index < -0.39 is 6.04 Å². The van der Waals surface area contributed by atoms with Gasteiger partial charge in [-0.3, -0.25) is 4.79 Å². The second-order valence-corrected chi connectivity index (χ2v) is 4.21. The Kier molecular flexibility index (Phi) is 4.99. The lowest BCUT2D eigenvalue weighted by Gasteiger charge is -2.23. The van der Waals surface area contributed by atoms with Gasteiger partial charge in [0.2, 0.25) is 5.91 Å². The average molecular weight is 251 g/mol. The van der Waals surface area contributed by atoms with E-state index in [-0.39, 0.29) is 5.91 Å². The second kappa shape index (κ2) is 6.27. The van der Waals surface area contributed by atoms with Crippen LogP contribution < -0.4 is 0 Å². The van der Waals surface area contributed by atoms with Crippen molar-refractivity contribution in [1.82, 2.24) is 4.90 Å². The molecule has 1 amide bonds. The Labute approximate surface area is 107 Å². The summed E-state index contributed by atoms with van der Waals surface area (Å²) >= 11 is 6.03. The van der Waals surface area contributed by atoms with E-state index >= 15 is 0 Å². The Bertz CT molecular complexity index is 439. The quantitative estimate of drug-likeness (QED) is 0.824. The number of hydrogen-bond donors (Lipinski definition) is 0. The van der Waals surface area contributed by atoms with Gasteiger partial charge >= 0.3 is 0 Å².